The van der Waals surface area contributed by atoms with Gasteiger partial charge in [-0.05, 0) is 18.8 Å². The second-order valence-electron chi connectivity index (χ2n) is 6.79. The highest BCUT2D eigenvalue weighted by Crippen LogP contribution is 2.19. The van der Waals surface area contributed by atoms with Gasteiger partial charge in [0.05, 0.1) is 13.2 Å². The molecule has 0 aromatic heterocycles. The van der Waals surface area contributed by atoms with E-state index in [2.05, 4.69) is 13.8 Å². The molecular weight excluding hydrogens is 304 g/mol. The van der Waals surface area contributed by atoms with E-state index in [4.69, 9.17) is 14.6 Å². The molecule has 1 N–H and O–H groups in total. The number of hydrogen-bond acceptors (Lipinski definition) is 3. The Morgan fingerprint density at radius 1 is 0.792 bits per heavy atom. The van der Waals surface area contributed by atoms with Gasteiger partial charge in [-0.3, -0.25) is 0 Å². The molecule has 1 unspecified atom stereocenters. The minimum atomic E-state index is -0.924. The van der Waals surface area contributed by atoms with Gasteiger partial charge < -0.3 is 14.6 Å². The Labute approximate surface area is 149 Å². The Hall–Kier alpha value is -0.610. The summed E-state index contributed by atoms with van der Waals surface area (Å²) in [5.74, 6) is -0.278. The van der Waals surface area contributed by atoms with Crippen molar-refractivity contribution in [1.29, 1.82) is 0 Å². The van der Waals surface area contributed by atoms with Gasteiger partial charge in [0.1, 0.15) is 6.61 Å². The molecular formula is C20H40O4. The molecule has 0 radical (unpaired) electrons. The maximum Gasteiger partial charge on any atom is 0.329 e. The van der Waals surface area contributed by atoms with Gasteiger partial charge in [0.15, 0.2) is 0 Å². The molecule has 0 saturated heterocycles. The van der Waals surface area contributed by atoms with E-state index in [9.17, 15) is 4.79 Å². The summed E-state index contributed by atoms with van der Waals surface area (Å²) in [5.41, 5.74) is 0. The van der Waals surface area contributed by atoms with Crippen LogP contribution in [0.2, 0.25) is 0 Å². The summed E-state index contributed by atoms with van der Waals surface area (Å²) < 4.78 is 10.7. The van der Waals surface area contributed by atoms with Crippen LogP contribution in [0.1, 0.15) is 90.9 Å². The lowest BCUT2D eigenvalue weighted by molar-refractivity contribution is -0.142. The van der Waals surface area contributed by atoms with Crippen LogP contribution in [0.4, 0.5) is 0 Å². The normalized spacial score (nSPS) is 12.4. The van der Waals surface area contributed by atoms with Crippen LogP contribution in [0.15, 0.2) is 0 Å². The molecule has 0 spiro atoms. The number of carboxylic acid groups (broad SMARTS) is 1. The van der Waals surface area contributed by atoms with Crippen molar-refractivity contribution < 1.29 is 19.4 Å². The molecule has 0 aliphatic carbocycles. The summed E-state index contributed by atoms with van der Waals surface area (Å²) >= 11 is 0. The third-order valence-corrected chi connectivity index (χ3v) is 4.38. The quantitative estimate of drug-likeness (QED) is 0.317. The standard InChI is InChI=1S/C20H40O4/c1-3-5-7-9-10-12-14-19(13-11-8-6-4-2)17-23-15-16-24-18-20(21)22/h19H,3-18H2,1-2H3,(H,21,22). The van der Waals surface area contributed by atoms with Crippen LogP contribution < -0.4 is 0 Å². The molecule has 0 amide bonds. The van der Waals surface area contributed by atoms with Crippen molar-refractivity contribution in [2.24, 2.45) is 5.92 Å². The molecule has 0 heterocycles. The van der Waals surface area contributed by atoms with Gasteiger partial charge in [-0.15, -0.1) is 0 Å². The van der Waals surface area contributed by atoms with E-state index in [-0.39, 0.29) is 6.61 Å². The van der Waals surface area contributed by atoms with Crippen LogP contribution in [0.25, 0.3) is 0 Å². The van der Waals surface area contributed by atoms with E-state index in [1.165, 1.54) is 77.0 Å². The highest BCUT2D eigenvalue weighted by Gasteiger charge is 2.09. The molecule has 0 rings (SSSR count). The lowest BCUT2D eigenvalue weighted by Crippen LogP contribution is -2.15. The average molecular weight is 345 g/mol. The highest BCUT2D eigenvalue weighted by molar-refractivity contribution is 5.67. The minimum absolute atomic E-state index is 0.235. The van der Waals surface area contributed by atoms with E-state index in [0.29, 0.717) is 19.1 Å². The summed E-state index contributed by atoms with van der Waals surface area (Å²) in [6.07, 6.45) is 15.8. The van der Waals surface area contributed by atoms with Crippen LogP contribution in [-0.2, 0) is 14.3 Å². The topological polar surface area (TPSA) is 55.8 Å². The number of carboxylic acids is 1. The predicted octanol–water partition coefficient (Wildman–Crippen LogP) is 5.44. The minimum Gasteiger partial charge on any atom is -0.480 e. The first-order valence-electron chi connectivity index (χ1n) is 10.1. The molecule has 0 fully saturated rings. The summed E-state index contributed by atoms with van der Waals surface area (Å²) in [4.78, 5) is 10.4. The first-order chi connectivity index (χ1) is 11.7. The van der Waals surface area contributed by atoms with Gasteiger partial charge in [-0.25, -0.2) is 4.79 Å². The Balaban J connectivity index is 3.76. The van der Waals surface area contributed by atoms with E-state index >= 15 is 0 Å². The lowest BCUT2D eigenvalue weighted by atomic mass is 9.95. The van der Waals surface area contributed by atoms with Gasteiger partial charge in [0.25, 0.3) is 0 Å². The van der Waals surface area contributed by atoms with Crippen molar-refractivity contribution in [2.45, 2.75) is 90.9 Å². The third-order valence-electron chi connectivity index (χ3n) is 4.38. The maximum absolute atomic E-state index is 10.4. The van der Waals surface area contributed by atoms with Crippen LogP contribution in [-0.4, -0.2) is 37.5 Å². The molecule has 4 heteroatoms. The van der Waals surface area contributed by atoms with Crippen LogP contribution in [0.5, 0.6) is 0 Å². The zero-order valence-electron chi connectivity index (χ0n) is 16.1. The zero-order valence-corrected chi connectivity index (χ0v) is 16.1. The number of unbranched alkanes of at least 4 members (excludes halogenated alkanes) is 8. The fraction of sp³-hybridized carbons (Fsp3) is 0.950. The molecule has 24 heavy (non-hydrogen) atoms. The van der Waals surface area contributed by atoms with E-state index in [1.54, 1.807) is 0 Å². The number of ether oxygens (including phenoxy) is 2. The number of carbonyl (C=O) groups is 1. The molecule has 1 atom stereocenters. The predicted molar refractivity (Wildman–Crippen MR) is 99.5 cm³/mol. The monoisotopic (exact) mass is 344 g/mol. The van der Waals surface area contributed by atoms with Crippen molar-refractivity contribution in [3.8, 4) is 0 Å². The summed E-state index contributed by atoms with van der Waals surface area (Å²) in [6, 6.07) is 0. The van der Waals surface area contributed by atoms with Crippen molar-refractivity contribution in [1.82, 2.24) is 0 Å². The van der Waals surface area contributed by atoms with Gasteiger partial charge in [0, 0.05) is 6.61 Å². The maximum atomic E-state index is 10.4. The average Bonchev–Trinajstić information content (AvgIpc) is 2.56. The third kappa shape index (κ3) is 17.7. The van der Waals surface area contributed by atoms with Crippen molar-refractivity contribution >= 4 is 5.97 Å². The molecule has 144 valence electrons. The van der Waals surface area contributed by atoms with E-state index in [1.807, 2.05) is 0 Å². The van der Waals surface area contributed by atoms with Gasteiger partial charge in [0.2, 0.25) is 0 Å². The Morgan fingerprint density at radius 2 is 1.29 bits per heavy atom. The second-order valence-corrected chi connectivity index (χ2v) is 6.79. The molecule has 0 aliphatic heterocycles. The molecule has 4 nitrogen and oxygen atoms in total. The van der Waals surface area contributed by atoms with Gasteiger partial charge >= 0.3 is 5.97 Å². The van der Waals surface area contributed by atoms with Gasteiger partial charge in [-0.1, -0.05) is 78.1 Å². The molecule has 0 aromatic carbocycles. The zero-order chi connectivity index (χ0) is 17.9. The molecule has 0 aliphatic rings. The first kappa shape index (κ1) is 23.4. The number of hydrogen-bond donors (Lipinski definition) is 1. The summed E-state index contributed by atoms with van der Waals surface area (Å²) in [7, 11) is 0. The smallest absolute Gasteiger partial charge is 0.329 e. The van der Waals surface area contributed by atoms with Crippen LogP contribution in [0.3, 0.4) is 0 Å². The molecule has 0 bridgehead atoms. The van der Waals surface area contributed by atoms with Crippen molar-refractivity contribution in [3.63, 3.8) is 0 Å². The van der Waals surface area contributed by atoms with Crippen LogP contribution >= 0.6 is 0 Å². The second kappa shape index (κ2) is 18.7. The van der Waals surface area contributed by atoms with E-state index < -0.39 is 5.97 Å². The van der Waals surface area contributed by atoms with Gasteiger partial charge in [-0.2, -0.15) is 0 Å². The summed E-state index contributed by atoms with van der Waals surface area (Å²) in [5, 5.41) is 8.51. The lowest BCUT2D eigenvalue weighted by Gasteiger charge is -2.17. The Morgan fingerprint density at radius 3 is 1.88 bits per heavy atom. The fourth-order valence-electron chi connectivity index (χ4n) is 2.91. The highest BCUT2D eigenvalue weighted by atomic mass is 16.5. The van der Waals surface area contributed by atoms with Crippen molar-refractivity contribution in [3.05, 3.63) is 0 Å². The molecule has 0 saturated carbocycles. The van der Waals surface area contributed by atoms with Crippen LogP contribution in [0, 0.1) is 5.92 Å². The number of rotatable bonds is 19. The SMILES string of the molecule is CCCCCCCCC(CCCCCC)COCCOCC(=O)O. The first-order valence-corrected chi connectivity index (χ1v) is 10.1. The summed E-state index contributed by atoms with van der Waals surface area (Å²) in [6.45, 7) is 5.91. The largest absolute Gasteiger partial charge is 0.480 e. The number of aliphatic carboxylic acids is 1. The van der Waals surface area contributed by atoms with Crippen molar-refractivity contribution in [2.75, 3.05) is 26.4 Å². The molecule has 0 aromatic rings. The Kier molecular flexibility index (Phi) is 18.2. The van der Waals surface area contributed by atoms with E-state index in [0.717, 1.165) is 6.61 Å². The fourth-order valence-corrected chi connectivity index (χ4v) is 2.91. The Bertz CT molecular complexity index is 268.